The molecular formula is C16H25N3O. The molecule has 1 fully saturated rings. The van der Waals surface area contributed by atoms with Crippen LogP contribution in [-0.2, 0) is 16.8 Å². The predicted octanol–water partition coefficient (Wildman–Crippen LogP) is 2.86. The van der Waals surface area contributed by atoms with Crippen LogP contribution in [0.1, 0.15) is 68.6 Å². The third kappa shape index (κ3) is 2.35. The average Bonchev–Trinajstić information content (AvgIpc) is 2.47. The van der Waals surface area contributed by atoms with Gasteiger partial charge in [-0.3, -0.25) is 0 Å². The number of hydrogen-bond donors (Lipinski definition) is 1. The first kappa shape index (κ1) is 14.0. The fraction of sp³-hybridized carbons (Fsp3) is 0.750. The third-order valence-corrected chi connectivity index (χ3v) is 4.98. The summed E-state index contributed by atoms with van der Waals surface area (Å²) in [6.07, 6.45) is 9.65. The normalized spacial score (nSPS) is 33.8. The first-order valence-electron chi connectivity index (χ1n) is 7.81. The van der Waals surface area contributed by atoms with E-state index in [2.05, 4.69) is 11.9 Å². The van der Waals surface area contributed by atoms with Crippen LogP contribution < -0.4 is 5.73 Å². The standard InChI is InChI=1S/C16H25N3O/c1-11-5-4-8-16(9-11,20-2)15-18-10-12-13(17)6-3-7-14(12)19-15/h10-11,13H,3-9,17H2,1-2H3. The Hall–Kier alpha value is -1.00. The number of aromatic nitrogens is 2. The quantitative estimate of drug-likeness (QED) is 0.901. The van der Waals surface area contributed by atoms with Crippen LogP contribution in [0.3, 0.4) is 0 Å². The van der Waals surface area contributed by atoms with E-state index in [1.165, 1.54) is 12.8 Å². The van der Waals surface area contributed by atoms with Gasteiger partial charge in [-0.1, -0.05) is 13.3 Å². The highest BCUT2D eigenvalue weighted by Crippen LogP contribution is 2.41. The highest BCUT2D eigenvalue weighted by molar-refractivity contribution is 5.25. The number of rotatable bonds is 2. The number of methoxy groups -OCH3 is 1. The Labute approximate surface area is 121 Å². The van der Waals surface area contributed by atoms with Crippen molar-refractivity contribution in [2.75, 3.05) is 7.11 Å². The predicted molar refractivity (Wildman–Crippen MR) is 78.2 cm³/mol. The largest absolute Gasteiger partial charge is 0.370 e. The number of hydrogen-bond acceptors (Lipinski definition) is 4. The Morgan fingerprint density at radius 1 is 1.35 bits per heavy atom. The molecule has 20 heavy (non-hydrogen) atoms. The molecular weight excluding hydrogens is 250 g/mol. The lowest BCUT2D eigenvalue weighted by Crippen LogP contribution is -2.36. The van der Waals surface area contributed by atoms with Crippen LogP contribution in [0.4, 0.5) is 0 Å². The minimum Gasteiger partial charge on any atom is -0.370 e. The fourth-order valence-corrected chi connectivity index (χ4v) is 3.78. The zero-order valence-corrected chi connectivity index (χ0v) is 12.6. The zero-order chi connectivity index (χ0) is 14.2. The smallest absolute Gasteiger partial charge is 0.160 e. The first-order valence-corrected chi connectivity index (χ1v) is 7.81. The van der Waals surface area contributed by atoms with E-state index in [1.807, 2.05) is 6.20 Å². The number of nitrogens with zero attached hydrogens (tertiary/aromatic N) is 2. The van der Waals surface area contributed by atoms with Crippen LogP contribution in [0.25, 0.3) is 0 Å². The third-order valence-electron chi connectivity index (χ3n) is 4.98. The van der Waals surface area contributed by atoms with Crippen molar-refractivity contribution in [2.45, 2.75) is 63.5 Å². The van der Waals surface area contributed by atoms with Crippen molar-refractivity contribution >= 4 is 0 Å². The van der Waals surface area contributed by atoms with Gasteiger partial charge in [0.15, 0.2) is 5.82 Å². The second-order valence-electron chi connectivity index (χ2n) is 6.49. The van der Waals surface area contributed by atoms with Gasteiger partial charge in [-0.15, -0.1) is 0 Å². The van der Waals surface area contributed by atoms with E-state index in [-0.39, 0.29) is 11.6 Å². The number of ether oxygens (including phenoxy) is 1. The molecule has 110 valence electrons. The minimum absolute atomic E-state index is 0.108. The monoisotopic (exact) mass is 275 g/mol. The molecule has 2 aliphatic carbocycles. The van der Waals surface area contributed by atoms with Gasteiger partial charge in [0.1, 0.15) is 5.60 Å². The van der Waals surface area contributed by atoms with Crippen molar-refractivity contribution in [3.05, 3.63) is 23.3 Å². The molecule has 4 nitrogen and oxygen atoms in total. The Balaban J connectivity index is 1.96. The Bertz CT molecular complexity index is 491. The van der Waals surface area contributed by atoms with Crippen molar-refractivity contribution in [2.24, 2.45) is 11.7 Å². The lowest BCUT2D eigenvalue weighted by molar-refractivity contribution is -0.0648. The molecule has 1 aromatic heterocycles. The van der Waals surface area contributed by atoms with Crippen molar-refractivity contribution < 1.29 is 4.74 Å². The van der Waals surface area contributed by atoms with E-state index in [9.17, 15) is 0 Å². The van der Waals surface area contributed by atoms with E-state index in [1.54, 1.807) is 7.11 Å². The van der Waals surface area contributed by atoms with E-state index < -0.39 is 0 Å². The van der Waals surface area contributed by atoms with Crippen LogP contribution >= 0.6 is 0 Å². The average molecular weight is 275 g/mol. The number of nitrogens with two attached hydrogens (primary N) is 1. The Morgan fingerprint density at radius 3 is 2.95 bits per heavy atom. The summed E-state index contributed by atoms with van der Waals surface area (Å²) in [5.41, 5.74) is 8.14. The van der Waals surface area contributed by atoms with E-state index in [0.29, 0.717) is 5.92 Å². The molecule has 0 radical (unpaired) electrons. The van der Waals surface area contributed by atoms with Gasteiger partial charge in [-0.25, -0.2) is 9.97 Å². The maximum absolute atomic E-state index is 6.15. The zero-order valence-electron chi connectivity index (χ0n) is 12.6. The van der Waals surface area contributed by atoms with Crippen molar-refractivity contribution in [3.8, 4) is 0 Å². The second-order valence-corrected chi connectivity index (χ2v) is 6.49. The van der Waals surface area contributed by atoms with Crippen molar-refractivity contribution in [3.63, 3.8) is 0 Å². The summed E-state index contributed by atoms with van der Waals surface area (Å²) in [5, 5.41) is 0. The molecule has 0 aliphatic heterocycles. The maximum Gasteiger partial charge on any atom is 0.160 e. The lowest BCUT2D eigenvalue weighted by atomic mass is 9.78. The molecule has 0 aromatic carbocycles. The molecule has 0 amide bonds. The van der Waals surface area contributed by atoms with Gasteiger partial charge in [-0.05, 0) is 44.4 Å². The summed E-state index contributed by atoms with van der Waals surface area (Å²) in [6.45, 7) is 2.29. The number of fused-ring (bicyclic) bond motifs is 1. The second kappa shape index (κ2) is 5.41. The lowest BCUT2D eigenvalue weighted by Gasteiger charge is -2.38. The summed E-state index contributed by atoms with van der Waals surface area (Å²) in [5.74, 6) is 1.55. The summed E-state index contributed by atoms with van der Waals surface area (Å²) in [7, 11) is 1.80. The summed E-state index contributed by atoms with van der Waals surface area (Å²) < 4.78 is 5.90. The number of aryl methyl sites for hydroxylation is 1. The van der Waals surface area contributed by atoms with E-state index in [4.69, 9.17) is 15.5 Å². The highest BCUT2D eigenvalue weighted by atomic mass is 16.5. The fourth-order valence-electron chi connectivity index (χ4n) is 3.78. The van der Waals surface area contributed by atoms with Gasteiger partial charge in [0.25, 0.3) is 0 Å². The van der Waals surface area contributed by atoms with Gasteiger partial charge >= 0.3 is 0 Å². The molecule has 3 rings (SSSR count). The van der Waals surface area contributed by atoms with Crippen molar-refractivity contribution in [1.29, 1.82) is 0 Å². The molecule has 0 spiro atoms. The maximum atomic E-state index is 6.15. The van der Waals surface area contributed by atoms with Crippen LogP contribution in [-0.4, -0.2) is 17.1 Å². The summed E-state index contributed by atoms with van der Waals surface area (Å²) in [4.78, 5) is 9.48. The first-order chi connectivity index (χ1) is 9.64. The van der Waals surface area contributed by atoms with Gasteiger partial charge < -0.3 is 10.5 Å². The molecule has 1 saturated carbocycles. The van der Waals surface area contributed by atoms with Gasteiger partial charge in [0, 0.05) is 30.6 Å². The van der Waals surface area contributed by atoms with Crippen LogP contribution in [0.5, 0.6) is 0 Å². The SMILES string of the molecule is COC1(c2ncc3c(n2)CCCC3N)CCCC(C)C1. The molecule has 3 atom stereocenters. The van der Waals surface area contributed by atoms with Gasteiger partial charge in [0.05, 0.1) is 0 Å². The molecule has 0 saturated heterocycles. The van der Waals surface area contributed by atoms with Crippen LogP contribution in [0.15, 0.2) is 6.20 Å². The summed E-state index contributed by atoms with van der Waals surface area (Å²) in [6, 6.07) is 0.108. The topological polar surface area (TPSA) is 61.0 Å². The Morgan fingerprint density at radius 2 is 2.20 bits per heavy atom. The highest BCUT2D eigenvalue weighted by Gasteiger charge is 2.39. The Kier molecular flexibility index (Phi) is 3.78. The van der Waals surface area contributed by atoms with Crippen LogP contribution in [0, 0.1) is 5.92 Å². The molecule has 2 aliphatic rings. The van der Waals surface area contributed by atoms with Gasteiger partial charge in [0.2, 0.25) is 0 Å². The molecule has 2 N–H and O–H groups in total. The van der Waals surface area contributed by atoms with E-state index in [0.717, 1.165) is 49.2 Å². The molecule has 0 bridgehead atoms. The van der Waals surface area contributed by atoms with E-state index >= 15 is 0 Å². The molecule has 3 unspecified atom stereocenters. The molecule has 1 aromatic rings. The van der Waals surface area contributed by atoms with Crippen molar-refractivity contribution in [1.82, 2.24) is 9.97 Å². The molecule has 1 heterocycles. The van der Waals surface area contributed by atoms with Crippen LogP contribution in [0.2, 0.25) is 0 Å². The molecule has 4 heteroatoms. The summed E-state index contributed by atoms with van der Waals surface area (Å²) >= 11 is 0. The minimum atomic E-state index is -0.283. The van der Waals surface area contributed by atoms with Gasteiger partial charge in [-0.2, -0.15) is 0 Å².